The van der Waals surface area contributed by atoms with Crippen LogP contribution in [-0.4, -0.2) is 22.8 Å². The Morgan fingerprint density at radius 2 is 2.12 bits per heavy atom. The van der Waals surface area contributed by atoms with Gasteiger partial charge in [0.25, 0.3) is 0 Å². The maximum absolute atomic E-state index is 5.55. The summed E-state index contributed by atoms with van der Waals surface area (Å²) in [5, 5.41) is 8.09. The molecule has 1 fully saturated rings. The normalized spacial score (nSPS) is 15.4. The fraction of sp³-hybridized carbons (Fsp3) is 0.667. The molecule has 0 saturated heterocycles. The molecule has 0 bridgehead atoms. The molecule has 1 aromatic heterocycles. The Balaban J connectivity index is 2.03. The lowest BCUT2D eigenvalue weighted by Crippen LogP contribution is -2.28. The average molecular weight is 220 g/mol. The maximum atomic E-state index is 5.55. The van der Waals surface area contributed by atoms with Crippen molar-refractivity contribution in [1.82, 2.24) is 10.2 Å². The molecular weight excluding hydrogens is 200 g/mol. The number of nitrogens with zero attached hydrogens (tertiary/aromatic N) is 3. The Hall–Kier alpha value is -1.32. The van der Waals surface area contributed by atoms with Crippen LogP contribution >= 0.6 is 0 Å². The Bertz CT molecular complexity index is 329. The summed E-state index contributed by atoms with van der Waals surface area (Å²) in [6.07, 6.45) is 3.76. The molecule has 1 aliphatic carbocycles. The van der Waals surface area contributed by atoms with Crippen LogP contribution in [0.5, 0.6) is 0 Å². The minimum atomic E-state index is 0.489. The van der Waals surface area contributed by atoms with E-state index in [4.69, 9.17) is 5.73 Å². The SMILES string of the molecule is CC(C)CCN(c1ccc(N)nn1)C1CC1. The number of anilines is 2. The van der Waals surface area contributed by atoms with Crippen LogP contribution in [0.15, 0.2) is 12.1 Å². The van der Waals surface area contributed by atoms with Crippen LogP contribution in [0.25, 0.3) is 0 Å². The van der Waals surface area contributed by atoms with Crippen molar-refractivity contribution >= 4 is 11.6 Å². The van der Waals surface area contributed by atoms with Gasteiger partial charge in [-0.2, -0.15) is 0 Å². The van der Waals surface area contributed by atoms with E-state index < -0.39 is 0 Å². The Kier molecular flexibility index (Phi) is 3.27. The Morgan fingerprint density at radius 3 is 2.62 bits per heavy atom. The van der Waals surface area contributed by atoms with Gasteiger partial charge in [-0.15, -0.1) is 10.2 Å². The van der Waals surface area contributed by atoms with Gasteiger partial charge in [0.1, 0.15) is 5.82 Å². The van der Waals surface area contributed by atoms with Crippen molar-refractivity contribution in [2.75, 3.05) is 17.2 Å². The van der Waals surface area contributed by atoms with E-state index in [9.17, 15) is 0 Å². The van der Waals surface area contributed by atoms with Crippen molar-refractivity contribution in [3.63, 3.8) is 0 Å². The van der Waals surface area contributed by atoms with Crippen molar-refractivity contribution in [3.8, 4) is 0 Å². The second-order valence-electron chi connectivity index (χ2n) is 4.92. The molecule has 4 heteroatoms. The molecule has 0 unspecified atom stereocenters. The van der Waals surface area contributed by atoms with E-state index in [2.05, 4.69) is 28.9 Å². The fourth-order valence-electron chi connectivity index (χ4n) is 1.76. The van der Waals surface area contributed by atoms with Crippen molar-refractivity contribution in [2.24, 2.45) is 5.92 Å². The summed E-state index contributed by atoms with van der Waals surface area (Å²) in [5.41, 5.74) is 5.55. The lowest BCUT2D eigenvalue weighted by Gasteiger charge is -2.23. The van der Waals surface area contributed by atoms with E-state index in [1.165, 1.54) is 19.3 Å². The largest absolute Gasteiger partial charge is 0.382 e. The van der Waals surface area contributed by atoms with E-state index in [-0.39, 0.29) is 0 Å². The number of rotatable bonds is 5. The topological polar surface area (TPSA) is 55.0 Å². The van der Waals surface area contributed by atoms with Gasteiger partial charge in [0.15, 0.2) is 5.82 Å². The van der Waals surface area contributed by atoms with Crippen LogP contribution in [0.2, 0.25) is 0 Å². The third-order valence-corrected chi connectivity index (χ3v) is 2.90. The van der Waals surface area contributed by atoms with Gasteiger partial charge in [-0.05, 0) is 37.3 Å². The molecule has 0 amide bonds. The molecule has 0 spiro atoms. The fourth-order valence-corrected chi connectivity index (χ4v) is 1.76. The van der Waals surface area contributed by atoms with Crippen molar-refractivity contribution in [2.45, 2.75) is 39.2 Å². The second-order valence-corrected chi connectivity index (χ2v) is 4.92. The molecule has 16 heavy (non-hydrogen) atoms. The highest BCUT2D eigenvalue weighted by Crippen LogP contribution is 2.30. The summed E-state index contributed by atoms with van der Waals surface area (Å²) in [4.78, 5) is 2.37. The zero-order valence-electron chi connectivity index (χ0n) is 10.1. The zero-order chi connectivity index (χ0) is 11.5. The molecule has 0 aliphatic heterocycles. The smallest absolute Gasteiger partial charge is 0.151 e. The minimum absolute atomic E-state index is 0.489. The molecule has 1 saturated carbocycles. The third-order valence-electron chi connectivity index (χ3n) is 2.90. The van der Waals surface area contributed by atoms with Crippen LogP contribution in [0.3, 0.4) is 0 Å². The number of hydrogen-bond donors (Lipinski definition) is 1. The summed E-state index contributed by atoms with van der Waals surface area (Å²) in [5.74, 6) is 2.18. The zero-order valence-corrected chi connectivity index (χ0v) is 10.1. The molecule has 0 radical (unpaired) electrons. The van der Waals surface area contributed by atoms with Gasteiger partial charge in [-0.25, -0.2) is 0 Å². The van der Waals surface area contributed by atoms with E-state index in [0.717, 1.165) is 18.3 Å². The van der Waals surface area contributed by atoms with Gasteiger partial charge >= 0.3 is 0 Å². The maximum Gasteiger partial charge on any atom is 0.151 e. The first kappa shape index (κ1) is 11.2. The minimum Gasteiger partial charge on any atom is -0.382 e. The molecular formula is C12H20N4. The Labute approximate surface area is 96.9 Å². The molecule has 0 aromatic carbocycles. The van der Waals surface area contributed by atoms with Crippen LogP contribution < -0.4 is 10.6 Å². The van der Waals surface area contributed by atoms with Crippen molar-refractivity contribution in [3.05, 3.63) is 12.1 Å². The van der Waals surface area contributed by atoms with Gasteiger partial charge in [-0.3, -0.25) is 0 Å². The third kappa shape index (κ3) is 2.84. The lowest BCUT2D eigenvalue weighted by atomic mass is 10.1. The quantitative estimate of drug-likeness (QED) is 0.825. The second kappa shape index (κ2) is 4.68. The molecule has 1 aliphatic rings. The van der Waals surface area contributed by atoms with Crippen molar-refractivity contribution in [1.29, 1.82) is 0 Å². The molecule has 2 rings (SSSR count). The van der Waals surface area contributed by atoms with E-state index in [1.807, 2.05) is 12.1 Å². The highest BCUT2D eigenvalue weighted by Gasteiger charge is 2.29. The molecule has 1 heterocycles. The summed E-state index contributed by atoms with van der Waals surface area (Å²) in [7, 11) is 0. The predicted octanol–water partition coefficient (Wildman–Crippen LogP) is 2.07. The summed E-state index contributed by atoms with van der Waals surface area (Å²) in [6, 6.07) is 4.48. The number of nitrogen functional groups attached to an aromatic ring is 1. The molecule has 0 atom stereocenters. The highest BCUT2D eigenvalue weighted by molar-refractivity contribution is 5.43. The van der Waals surface area contributed by atoms with Crippen LogP contribution in [0, 0.1) is 5.92 Å². The molecule has 88 valence electrons. The molecule has 1 aromatic rings. The van der Waals surface area contributed by atoms with E-state index in [1.54, 1.807) is 0 Å². The van der Waals surface area contributed by atoms with Crippen LogP contribution in [-0.2, 0) is 0 Å². The number of nitrogens with two attached hydrogens (primary N) is 1. The first-order valence-corrected chi connectivity index (χ1v) is 6.02. The van der Waals surface area contributed by atoms with E-state index in [0.29, 0.717) is 11.9 Å². The summed E-state index contributed by atoms with van der Waals surface area (Å²) >= 11 is 0. The molecule has 2 N–H and O–H groups in total. The van der Waals surface area contributed by atoms with Crippen LogP contribution in [0.4, 0.5) is 11.6 Å². The lowest BCUT2D eigenvalue weighted by molar-refractivity contribution is 0.567. The Morgan fingerprint density at radius 1 is 1.38 bits per heavy atom. The van der Waals surface area contributed by atoms with Gasteiger partial charge in [0.2, 0.25) is 0 Å². The average Bonchev–Trinajstić information content (AvgIpc) is 3.04. The first-order valence-electron chi connectivity index (χ1n) is 6.02. The van der Waals surface area contributed by atoms with Gasteiger partial charge in [0, 0.05) is 12.6 Å². The summed E-state index contributed by atoms with van der Waals surface area (Å²) < 4.78 is 0. The standard InChI is InChI=1S/C12H20N4/c1-9(2)7-8-16(10-3-4-10)12-6-5-11(13)14-15-12/h5-6,9-10H,3-4,7-8H2,1-2H3,(H2,13,14). The molecule has 4 nitrogen and oxygen atoms in total. The number of hydrogen-bond acceptors (Lipinski definition) is 4. The van der Waals surface area contributed by atoms with Crippen LogP contribution in [0.1, 0.15) is 33.1 Å². The van der Waals surface area contributed by atoms with Gasteiger partial charge in [0.05, 0.1) is 0 Å². The monoisotopic (exact) mass is 220 g/mol. The highest BCUT2D eigenvalue weighted by atomic mass is 15.3. The summed E-state index contributed by atoms with van der Waals surface area (Å²) in [6.45, 7) is 5.57. The van der Waals surface area contributed by atoms with E-state index >= 15 is 0 Å². The predicted molar refractivity (Wildman–Crippen MR) is 66.3 cm³/mol. The van der Waals surface area contributed by atoms with Gasteiger partial charge < -0.3 is 10.6 Å². The first-order chi connectivity index (χ1) is 7.66. The van der Waals surface area contributed by atoms with Crippen molar-refractivity contribution < 1.29 is 0 Å². The number of aromatic nitrogens is 2. The van der Waals surface area contributed by atoms with Gasteiger partial charge in [-0.1, -0.05) is 13.8 Å².